The first-order valence-corrected chi connectivity index (χ1v) is 9.28. The number of sulfonamides is 1. The summed E-state index contributed by atoms with van der Waals surface area (Å²) >= 11 is 5.88. The second kappa shape index (κ2) is 7.58. The molecule has 1 aliphatic carbocycles. The van der Waals surface area contributed by atoms with E-state index >= 15 is 0 Å². The summed E-state index contributed by atoms with van der Waals surface area (Å²) in [7, 11) is -3.53. The molecule has 0 atom stereocenters. The molecule has 118 valence electrons. The summed E-state index contributed by atoms with van der Waals surface area (Å²) in [6.07, 6.45) is 7.12. The molecule has 0 spiro atoms. The summed E-state index contributed by atoms with van der Waals surface area (Å²) in [5, 5.41) is 9.53. The van der Waals surface area contributed by atoms with Crippen molar-refractivity contribution in [1.29, 1.82) is 0 Å². The number of aliphatic hydroxyl groups is 1. The van der Waals surface area contributed by atoms with E-state index in [2.05, 4.69) is 4.72 Å². The fourth-order valence-corrected chi connectivity index (χ4v) is 4.07. The van der Waals surface area contributed by atoms with Gasteiger partial charge in [-0.1, -0.05) is 43.7 Å². The highest BCUT2D eigenvalue weighted by Gasteiger charge is 2.17. The monoisotopic (exact) mass is 331 g/mol. The van der Waals surface area contributed by atoms with E-state index in [0.29, 0.717) is 23.0 Å². The van der Waals surface area contributed by atoms with Crippen molar-refractivity contribution in [3.63, 3.8) is 0 Å². The topological polar surface area (TPSA) is 66.4 Å². The predicted octanol–water partition coefficient (Wildman–Crippen LogP) is 3.08. The Hall–Kier alpha value is -0.620. The third-order valence-corrected chi connectivity index (χ3v) is 5.89. The van der Waals surface area contributed by atoms with Crippen LogP contribution in [0.2, 0.25) is 5.02 Å². The third kappa shape index (κ3) is 4.68. The highest BCUT2D eigenvalue weighted by atomic mass is 35.5. The molecule has 2 N–H and O–H groups in total. The van der Waals surface area contributed by atoms with Gasteiger partial charge in [0.25, 0.3) is 0 Å². The van der Waals surface area contributed by atoms with Crippen LogP contribution < -0.4 is 4.72 Å². The van der Waals surface area contributed by atoms with Gasteiger partial charge in [0.2, 0.25) is 10.0 Å². The van der Waals surface area contributed by atoms with Gasteiger partial charge in [0.1, 0.15) is 0 Å². The van der Waals surface area contributed by atoms with Gasteiger partial charge in [-0.15, -0.1) is 0 Å². The first-order chi connectivity index (χ1) is 10.0. The van der Waals surface area contributed by atoms with Gasteiger partial charge in [-0.25, -0.2) is 13.1 Å². The van der Waals surface area contributed by atoms with E-state index in [0.717, 1.165) is 6.42 Å². The maximum absolute atomic E-state index is 12.2. The zero-order valence-electron chi connectivity index (χ0n) is 12.0. The van der Waals surface area contributed by atoms with E-state index < -0.39 is 10.0 Å². The fraction of sp³-hybridized carbons (Fsp3) is 0.600. The molecule has 0 saturated heterocycles. The highest BCUT2D eigenvalue weighted by molar-refractivity contribution is 7.89. The van der Waals surface area contributed by atoms with Gasteiger partial charge in [0.15, 0.2) is 0 Å². The zero-order chi connectivity index (χ0) is 15.3. The molecule has 1 fully saturated rings. The molecule has 1 aliphatic rings. The Labute approximate surface area is 131 Å². The van der Waals surface area contributed by atoms with E-state index in [4.69, 9.17) is 16.7 Å². The van der Waals surface area contributed by atoms with Crippen LogP contribution in [0.1, 0.15) is 44.1 Å². The Morgan fingerprint density at radius 2 is 1.95 bits per heavy atom. The Bertz CT molecular complexity index is 568. The molecule has 2 rings (SSSR count). The fourth-order valence-electron chi connectivity index (χ4n) is 2.80. The highest BCUT2D eigenvalue weighted by Crippen LogP contribution is 2.26. The van der Waals surface area contributed by atoms with Crippen molar-refractivity contribution in [1.82, 2.24) is 4.72 Å². The number of rotatable bonds is 6. The molecule has 0 bridgehead atoms. The second-order valence-corrected chi connectivity index (χ2v) is 7.78. The first-order valence-electron chi connectivity index (χ1n) is 7.42. The average Bonchev–Trinajstić information content (AvgIpc) is 2.48. The van der Waals surface area contributed by atoms with Crippen LogP contribution in [0.5, 0.6) is 0 Å². The van der Waals surface area contributed by atoms with Crippen molar-refractivity contribution in [2.75, 3.05) is 6.54 Å². The van der Waals surface area contributed by atoms with Crippen LogP contribution >= 0.6 is 11.6 Å². The lowest BCUT2D eigenvalue weighted by Crippen LogP contribution is -2.26. The summed E-state index contributed by atoms with van der Waals surface area (Å²) in [6, 6.07) is 4.39. The SMILES string of the molecule is O=S(=O)(NCCC1CCCCC1)c1ccc(Cl)c(CO)c1. The van der Waals surface area contributed by atoms with E-state index in [1.807, 2.05) is 0 Å². The van der Waals surface area contributed by atoms with Crippen molar-refractivity contribution >= 4 is 21.6 Å². The number of halogens is 1. The van der Waals surface area contributed by atoms with Gasteiger partial charge in [-0.05, 0) is 36.1 Å². The minimum absolute atomic E-state index is 0.152. The van der Waals surface area contributed by atoms with E-state index in [9.17, 15) is 8.42 Å². The molecule has 21 heavy (non-hydrogen) atoms. The smallest absolute Gasteiger partial charge is 0.240 e. The number of aliphatic hydroxyl groups excluding tert-OH is 1. The van der Waals surface area contributed by atoms with Crippen molar-refractivity contribution < 1.29 is 13.5 Å². The van der Waals surface area contributed by atoms with Crippen LogP contribution in [0.4, 0.5) is 0 Å². The van der Waals surface area contributed by atoms with Gasteiger partial charge in [-0.2, -0.15) is 0 Å². The molecule has 0 heterocycles. The Morgan fingerprint density at radius 1 is 1.24 bits per heavy atom. The normalized spacial score (nSPS) is 17.0. The third-order valence-electron chi connectivity index (χ3n) is 4.07. The van der Waals surface area contributed by atoms with Crippen LogP contribution in [-0.4, -0.2) is 20.1 Å². The lowest BCUT2D eigenvalue weighted by molar-refractivity contribution is 0.281. The van der Waals surface area contributed by atoms with Crippen LogP contribution in [0.3, 0.4) is 0 Å². The van der Waals surface area contributed by atoms with E-state index in [-0.39, 0.29) is 11.5 Å². The predicted molar refractivity (Wildman–Crippen MR) is 83.8 cm³/mol. The van der Waals surface area contributed by atoms with Gasteiger partial charge in [-0.3, -0.25) is 0 Å². The second-order valence-electron chi connectivity index (χ2n) is 5.60. The molecule has 0 radical (unpaired) electrons. The Balaban J connectivity index is 1.94. The van der Waals surface area contributed by atoms with Crippen LogP contribution in [0, 0.1) is 5.92 Å². The maximum Gasteiger partial charge on any atom is 0.240 e. The number of nitrogens with one attached hydrogen (secondary N) is 1. The summed E-state index contributed by atoms with van der Waals surface area (Å²) in [6.45, 7) is 0.189. The van der Waals surface area contributed by atoms with Crippen molar-refractivity contribution in [2.24, 2.45) is 5.92 Å². The summed E-state index contributed by atoms with van der Waals surface area (Å²) in [4.78, 5) is 0.152. The van der Waals surface area contributed by atoms with Gasteiger partial charge in [0.05, 0.1) is 11.5 Å². The van der Waals surface area contributed by atoms with Crippen molar-refractivity contribution in [2.45, 2.75) is 50.0 Å². The molecule has 6 heteroatoms. The largest absolute Gasteiger partial charge is 0.392 e. The quantitative estimate of drug-likeness (QED) is 0.841. The Morgan fingerprint density at radius 3 is 2.62 bits per heavy atom. The average molecular weight is 332 g/mol. The van der Waals surface area contributed by atoms with Gasteiger partial charge in [0, 0.05) is 11.6 Å². The molecule has 4 nitrogen and oxygen atoms in total. The van der Waals surface area contributed by atoms with E-state index in [1.165, 1.54) is 50.3 Å². The molecule has 0 amide bonds. The van der Waals surface area contributed by atoms with Crippen molar-refractivity contribution in [3.05, 3.63) is 28.8 Å². The lowest BCUT2D eigenvalue weighted by atomic mass is 9.87. The summed E-state index contributed by atoms with van der Waals surface area (Å²) in [5.41, 5.74) is 0.423. The first kappa shape index (κ1) is 16.7. The molecular formula is C15H22ClNO3S. The van der Waals surface area contributed by atoms with Crippen LogP contribution in [0.15, 0.2) is 23.1 Å². The number of benzene rings is 1. The van der Waals surface area contributed by atoms with Crippen LogP contribution in [-0.2, 0) is 16.6 Å². The number of hydrogen-bond donors (Lipinski definition) is 2. The Kier molecular flexibility index (Phi) is 6.05. The molecule has 0 aromatic heterocycles. The van der Waals surface area contributed by atoms with Gasteiger partial charge >= 0.3 is 0 Å². The number of hydrogen-bond acceptors (Lipinski definition) is 3. The van der Waals surface area contributed by atoms with Crippen molar-refractivity contribution in [3.8, 4) is 0 Å². The lowest BCUT2D eigenvalue weighted by Gasteiger charge is -2.21. The zero-order valence-corrected chi connectivity index (χ0v) is 13.6. The minimum atomic E-state index is -3.53. The molecule has 0 aliphatic heterocycles. The molecular weight excluding hydrogens is 310 g/mol. The molecule has 1 aromatic carbocycles. The standard InChI is InChI=1S/C15H22ClNO3S/c16-15-7-6-14(10-13(15)11-18)21(19,20)17-9-8-12-4-2-1-3-5-12/h6-7,10,12,17-18H,1-5,8-9,11H2. The van der Waals surface area contributed by atoms with Gasteiger partial charge < -0.3 is 5.11 Å². The summed E-state index contributed by atoms with van der Waals surface area (Å²) in [5.74, 6) is 0.639. The maximum atomic E-state index is 12.2. The minimum Gasteiger partial charge on any atom is -0.392 e. The molecule has 0 unspecified atom stereocenters. The van der Waals surface area contributed by atoms with E-state index in [1.54, 1.807) is 0 Å². The molecule has 1 aromatic rings. The van der Waals surface area contributed by atoms with Crippen LogP contribution in [0.25, 0.3) is 0 Å². The molecule has 1 saturated carbocycles. The summed E-state index contributed by atoms with van der Waals surface area (Å²) < 4.78 is 27.1.